The largest absolute Gasteiger partial charge is 0.381 e. The second kappa shape index (κ2) is 5.48. The smallest absolute Gasteiger partial charge is 0.0472 e. The SMILES string of the molecule is CNCC1(CN2CC3CCCC3C2)CCOCC1. The molecule has 0 aromatic rings. The predicted octanol–water partition coefficient (Wildman–Crippen LogP) is 1.73. The molecule has 2 unspecified atom stereocenters. The molecule has 0 radical (unpaired) electrons. The van der Waals surface area contributed by atoms with Gasteiger partial charge in [-0.15, -0.1) is 0 Å². The van der Waals surface area contributed by atoms with Crippen LogP contribution in [0.25, 0.3) is 0 Å². The number of hydrogen-bond acceptors (Lipinski definition) is 3. The molecular formula is C15H28N2O. The summed E-state index contributed by atoms with van der Waals surface area (Å²) in [7, 11) is 2.09. The predicted molar refractivity (Wildman–Crippen MR) is 73.7 cm³/mol. The Morgan fingerprint density at radius 3 is 2.44 bits per heavy atom. The Kier molecular flexibility index (Phi) is 3.92. The summed E-state index contributed by atoms with van der Waals surface area (Å²) in [6.07, 6.45) is 6.94. The lowest BCUT2D eigenvalue weighted by molar-refractivity contribution is -0.00111. The number of fused-ring (bicyclic) bond motifs is 1. The van der Waals surface area contributed by atoms with E-state index in [4.69, 9.17) is 4.74 Å². The summed E-state index contributed by atoms with van der Waals surface area (Å²) in [6, 6.07) is 0. The third-order valence-corrected chi connectivity index (χ3v) is 5.47. The van der Waals surface area contributed by atoms with Crippen LogP contribution in [-0.2, 0) is 4.74 Å². The van der Waals surface area contributed by atoms with Crippen molar-refractivity contribution in [3.8, 4) is 0 Å². The summed E-state index contributed by atoms with van der Waals surface area (Å²) in [4.78, 5) is 2.76. The van der Waals surface area contributed by atoms with Crippen molar-refractivity contribution in [1.29, 1.82) is 0 Å². The van der Waals surface area contributed by atoms with E-state index in [1.54, 1.807) is 0 Å². The van der Waals surface area contributed by atoms with Gasteiger partial charge in [-0.3, -0.25) is 0 Å². The molecule has 0 aromatic carbocycles. The molecule has 0 spiro atoms. The molecule has 18 heavy (non-hydrogen) atoms. The first-order valence-corrected chi connectivity index (χ1v) is 7.76. The van der Waals surface area contributed by atoms with Crippen LogP contribution in [0.2, 0.25) is 0 Å². The van der Waals surface area contributed by atoms with Gasteiger partial charge in [0.05, 0.1) is 0 Å². The average molecular weight is 252 g/mol. The van der Waals surface area contributed by atoms with Crippen molar-refractivity contribution in [2.75, 3.05) is 46.4 Å². The van der Waals surface area contributed by atoms with Crippen molar-refractivity contribution >= 4 is 0 Å². The van der Waals surface area contributed by atoms with E-state index in [0.29, 0.717) is 5.41 Å². The number of ether oxygens (including phenoxy) is 1. The summed E-state index contributed by atoms with van der Waals surface area (Å²) in [5.74, 6) is 2.05. The van der Waals surface area contributed by atoms with Crippen LogP contribution in [-0.4, -0.2) is 51.3 Å². The molecule has 0 amide bonds. The third-order valence-electron chi connectivity index (χ3n) is 5.47. The third kappa shape index (κ3) is 2.59. The molecule has 2 atom stereocenters. The molecule has 1 saturated carbocycles. The molecule has 3 nitrogen and oxygen atoms in total. The highest BCUT2D eigenvalue weighted by molar-refractivity contribution is 4.93. The van der Waals surface area contributed by atoms with Crippen LogP contribution in [0.5, 0.6) is 0 Å². The van der Waals surface area contributed by atoms with Gasteiger partial charge in [0.2, 0.25) is 0 Å². The van der Waals surface area contributed by atoms with Crippen LogP contribution >= 0.6 is 0 Å². The van der Waals surface area contributed by atoms with Gasteiger partial charge < -0.3 is 15.0 Å². The fourth-order valence-electron chi connectivity index (χ4n) is 4.51. The molecule has 1 N–H and O–H groups in total. The van der Waals surface area contributed by atoms with Crippen LogP contribution in [0.4, 0.5) is 0 Å². The van der Waals surface area contributed by atoms with E-state index in [9.17, 15) is 0 Å². The Morgan fingerprint density at radius 1 is 1.17 bits per heavy atom. The van der Waals surface area contributed by atoms with Crippen LogP contribution in [0.3, 0.4) is 0 Å². The van der Waals surface area contributed by atoms with Gasteiger partial charge in [-0.05, 0) is 50.0 Å². The number of hydrogen-bond donors (Lipinski definition) is 1. The maximum Gasteiger partial charge on any atom is 0.0472 e. The highest BCUT2D eigenvalue weighted by Gasteiger charge is 2.40. The molecule has 104 valence electrons. The fourth-order valence-corrected chi connectivity index (χ4v) is 4.51. The van der Waals surface area contributed by atoms with Gasteiger partial charge in [0, 0.05) is 39.4 Å². The maximum atomic E-state index is 5.56. The highest BCUT2D eigenvalue weighted by atomic mass is 16.5. The minimum Gasteiger partial charge on any atom is -0.381 e. The minimum atomic E-state index is 0.478. The summed E-state index contributed by atoms with van der Waals surface area (Å²) in [5, 5.41) is 3.42. The van der Waals surface area contributed by atoms with E-state index < -0.39 is 0 Å². The molecule has 3 rings (SSSR count). The van der Waals surface area contributed by atoms with E-state index >= 15 is 0 Å². The number of nitrogens with one attached hydrogen (secondary N) is 1. The van der Waals surface area contributed by atoms with Gasteiger partial charge in [-0.25, -0.2) is 0 Å². The monoisotopic (exact) mass is 252 g/mol. The lowest BCUT2D eigenvalue weighted by Gasteiger charge is -2.40. The van der Waals surface area contributed by atoms with Crippen molar-refractivity contribution in [2.45, 2.75) is 32.1 Å². The van der Waals surface area contributed by atoms with Crippen LogP contribution < -0.4 is 5.32 Å². The van der Waals surface area contributed by atoms with Crippen molar-refractivity contribution in [3.63, 3.8) is 0 Å². The lowest BCUT2D eigenvalue weighted by atomic mass is 9.79. The zero-order valence-electron chi connectivity index (χ0n) is 11.8. The van der Waals surface area contributed by atoms with Gasteiger partial charge >= 0.3 is 0 Å². The van der Waals surface area contributed by atoms with Gasteiger partial charge in [0.15, 0.2) is 0 Å². The van der Waals surface area contributed by atoms with Crippen molar-refractivity contribution in [1.82, 2.24) is 10.2 Å². The van der Waals surface area contributed by atoms with E-state index in [1.807, 2.05) is 0 Å². The normalized spacial score (nSPS) is 35.8. The highest BCUT2D eigenvalue weighted by Crippen LogP contribution is 2.40. The molecular weight excluding hydrogens is 224 g/mol. The fraction of sp³-hybridized carbons (Fsp3) is 1.00. The Morgan fingerprint density at radius 2 is 1.83 bits per heavy atom. The van der Waals surface area contributed by atoms with E-state index in [1.165, 1.54) is 51.7 Å². The van der Waals surface area contributed by atoms with Gasteiger partial charge in [-0.2, -0.15) is 0 Å². The molecule has 3 aliphatic rings. The van der Waals surface area contributed by atoms with E-state index in [0.717, 1.165) is 31.6 Å². The second-order valence-corrected chi connectivity index (χ2v) is 6.79. The standard InChI is InChI=1S/C15H28N2O/c1-16-11-15(5-7-18-8-6-15)12-17-9-13-3-2-4-14(13)10-17/h13-14,16H,2-12H2,1H3. The summed E-state index contributed by atoms with van der Waals surface area (Å²) >= 11 is 0. The zero-order valence-corrected chi connectivity index (χ0v) is 11.8. The molecule has 0 aromatic heterocycles. The number of likely N-dealkylation sites (tertiary alicyclic amines) is 1. The number of nitrogens with zero attached hydrogens (tertiary/aromatic N) is 1. The molecule has 2 aliphatic heterocycles. The quantitative estimate of drug-likeness (QED) is 0.825. The average Bonchev–Trinajstić information content (AvgIpc) is 2.91. The zero-order chi connectivity index (χ0) is 12.4. The van der Waals surface area contributed by atoms with Crippen LogP contribution in [0.15, 0.2) is 0 Å². The molecule has 1 aliphatic carbocycles. The van der Waals surface area contributed by atoms with Crippen LogP contribution in [0.1, 0.15) is 32.1 Å². The topological polar surface area (TPSA) is 24.5 Å². The molecule has 0 bridgehead atoms. The van der Waals surface area contributed by atoms with E-state index in [-0.39, 0.29) is 0 Å². The second-order valence-electron chi connectivity index (χ2n) is 6.79. The number of rotatable bonds is 4. The lowest BCUT2D eigenvalue weighted by Crippen LogP contribution is -2.46. The Labute approximate surface area is 111 Å². The van der Waals surface area contributed by atoms with E-state index in [2.05, 4.69) is 17.3 Å². The van der Waals surface area contributed by atoms with Gasteiger partial charge in [0.1, 0.15) is 0 Å². The van der Waals surface area contributed by atoms with Gasteiger partial charge in [-0.1, -0.05) is 6.42 Å². The Hall–Kier alpha value is -0.120. The molecule has 3 heteroatoms. The first-order chi connectivity index (χ1) is 8.81. The van der Waals surface area contributed by atoms with Crippen LogP contribution in [0, 0.1) is 17.3 Å². The molecule has 3 fully saturated rings. The minimum absolute atomic E-state index is 0.478. The van der Waals surface area contributed by atoms with Crippen molar-refractivity contribution in [3.05, 3.63) is 0 Å². The van der Waals surface area contributed by atoms with Crippen molar-refractivity contribution < 1.29 is 4.74 Å². The first-order valence-electron chi connectivity index (χ1n) is 7.76. The summed E-state index contributed by atoms with van der Waals surface area (Å²) in [6.45, 7) is 7.12. The van der Waals surface area contributed by atoms with Crippen molar-refractivity contribution in [2.24, 2.45) is 17.3 Å². The summed E-state index contributed by atoms with van der Waals surface area (Å²) in [5.41, 5.74) is 0.478. The molecule has 2 heterocycles. The Bertz CT molecular complexity index is 258. The molecule has 2 saturated heterocycles. The Balaban J connectivity index is 1.59. The summed E-state index contributed by atoms with van der Waals surface area (Å²) < 4.78 is 5.56. The first kappa shape index (κ1) is 12.9. The maximum absolute atomic E-state index is 5.56. The van der Waals surface area contributed by atoms with Gasteiger partial charge in [0.25, 0.3) is 0 Å².